The number of fused-ring (bicyclic) bond motifs is 1. The third-order valence-electron chi connectivity index (χ3n) is 3.89. The molecular formula is C20H17N3O3S. The van der Waals surface area contributed by atoms with E-state index in [1.165, 1.54) is 11.8 Å². The number of nitrogens with zero attached hydrogens (tertiary/aromatic N) is 2. The Morgan fingerprint density at radius 2 is 1.78 bits per heavy atom. The molecule has 136 valence electrons. The minimum atomic E-state index is -0.120. The van der Waals surface area contributed by atoms with Gasteiger partial charge in [-0.3, -0.25) is 4.79 Å². The average Bonchev–Trinajstić information content (AvgIpc) is 2.73. The van der Waals surface area contributed by atoms with Gasteiger partial charge in [0, 0.05) is 17.3 Å². The van der Waals surface area contributed by atoms with Crippen molar-refractivity contribution in [1.29, 1.82) is 0 Å². The van der Waals surface area contributed by atoms with Crippen molar-refractivity contribution in [1.82, 2.24) is 10.2 Å². The molecular weight excluding hydrogens is 362 g/mol. The number of hydrogen-bond acceptors (Lipinski definition) is 6. The van der Waals surface area contributed by atoms with Crippen LogP contribution in [0, 0.1) is 0 Å². The normalized spacial score (nSPS) is 12.4. The van der Waals surface area contributed by atoms with Crippen molar-refractivity contribution in [3.8, 4) is 22.8 Å². The van der Waals surface area contributed by atoms with Gasteiger partial charge in [0.15, 0.2) is 11.5 Å². The first kappa shape index (κ1) is 17.4. The lowest BCUT2D eigenvalue weighted by atomic mass is 10.1. The summed E-state index contributed by atoms with van der Waals surface area (Å²) >= 11 is 1.34. The van der Waals surface area contributed by atoms with E-state index in [0.29, 0.717) is 35.4 Å². The second-order valence-electron chi connectivity index (χ2n) is 5.82. The molecule has 3 aromatic rings. The van der Waals surface area contributed by atoms with Crippen LogP contribution in [-0.4, -0.2) is 35.1 Å². The van der Waals surface area contributed by atoms with Gasteiger partial charge >= 0.3 is 0 Å². The molecule has 4 rings (SSSR count). The highest BCUT2D eigenvalue weighted by Crippen LogP contribution is 2.32. The fourth-order valence-electron chi connectivity index (χ4n) is 2.62. The van der Waals surface area contributed by atoms with Gasteiger partial charge in [0.25, 0.3) is 0 Å². The minimum absolute atomic E-state index is 0.120. The van der Waals surface area contributed by atoms with E-state index < -0.39 is 0 Å². The Kier molecular flexibility index (Phi) is 5.20. The molecule has 6 nitrogen and oxygen atoms in total. The first-order valence-corrected chi connectivity index (χ1v) is 9.48. The van der Waals surface area contributed by atoms with Crippen molar-refractivity contribution in [2.24, 2.45) is 0 Å². The SMILES string of the molecule is O=C(CSc1ccc(-c2ccccc2)nn1)Nc1ccc2c(c1)OCCO2. The zero-order valence-corrected chi connectivity index (χ0v) is 15.2. The summed E-state index contributed by atoms with van der Waals surface area (Å²) in [6, 6.07) is 19.0. The lowest BCUT2D eigenvalue weighted by Crippen LogP contribution is -2.17. The number of aromatic nitrogens is 2. The minimum Gasteiger partial charge on any atom is -0.486 e. The van der Waals surface area contributed by atoms with Crippen LogP contribution in [0.1, 0.15) is 0 Å². The molecule has 1 amide bonds. The number of carbonyl (C=O) groups excluding carboxylic acids is 1. The molecule has 0 atom stereocenters. The van der Waals surface area contributed by atoms with Crippen LogP contribution in [0.25, 0.3) is 11.3 Å². The molecule has 0 unspecified atom stereocenters. The summed E-state index contributed by atoms with van der Waals surface area (Å²) in [6.45, 7) is 1.05. The Morgan fingerprint density at radius 3 is 2.56 bits per heavy atom. The summed E-state index contributed by atoms with van der Waals surface area (Å²) in [5, 5.41) is 12.0. The zero-order chi connectivity index (χ0) is 18.5. The molecule has 7 heteroatoms. The zero-order valence-electron chi connectivity index (χ0n) is 14.4. The van der Waals surface area contributed by atoms with Gasteiger partial charge in [-0.2, -0.15) is 0 Å². The van der Waals surface area contributed by atoms with Crippen molar-refractivity contribution in [2.75, 3.05) is 24.3 Å². The van der Waals surface area contributed by atoms with E-state index >= 15 is 0 Å². The van der Waals surface area contributed by atoms with E-state index in [4.69, 9.17) is 9.47 Å². The number of benzene rings is 2. The van der Waals surface area contributed by atoms with E-state index in [1.54, 1.807) is 18.2 Å². The third-order valence-corrected chi connectivity index (χ3v) is 4.81. The van der Waals surface area contributed by atoms with Crippen molar-refractivity contribution in [3.63, 3.8) is 0 Å². The van der Waals surface area contributed by atoms with Crippen LogP contribution in [0.5, 0.6) is 11.5 Å². The van der Waals surface area contributed by atoms with E-state index in [-0.39, 0.29) is 11.7 Å². The number of hydrogen-bond donors (Lipinski definition) is 1. The van der Waals surface area contributed by atoms with Crippen LogP contribution in [0.4, 0.5) is 5.69 Å². The van der Waals surface area contributed by atoms with Gasteiger partial charge in [0.05, 0.1) is 11.4 Å². The van der Waals surface area contributed by atoms with E-state index in [9.17, 15) is 4.79 Å². The summed E-state index contributed by atoms with van der Waals surface area (Å²) in [5.41, 5.74) is 2.49. The van der Waals surface area contributed by atoms with Crippen molar-refractivity contribution in [3.05, 3.63) is 60.7 Å². The Hall–Kier alpha value is -3.06. The predicted molar refractivity (Wildman–Crippen MR) is 104 cm³/mol. The standard InChI is InChI=1S/C20H17N3O3S/c24-19(21-15-6-8-17-18(12-15)26-11-10-25-17)13-27-20-9-7-16(22-23-20)14-4-2-1-3-5-14/h1-9,12H,10-11,13H2,(H,21,24). The van der Waals surface area contributed by atoms with E-state index in [1.807, 2.05) is 42.5 Å². The Labute approximate surface area is 160 Å². The summed E-state index contributed by atoms with van der Waals surface area (Å²) in [5.74, 6) is 1.47. The van der Waals surface area contributed by atoms with Crippen LogP contribution >= 0.6 is 11.8 Å². The van der Waals surface area contributed by atoms with Crippen LogP contribution in [0.3, 0.4) is 0 Å². The lowest BCUT2D eigenvalue weighted by molar-refractivity contribution is -0.113. The predicted octanol–water partition coefficient (Wildman–Crippen LogP) is 3.65. The highest BCUT2D eigenvalue weighted by Gasteiger charge is 2.13. The Balaban J connectivity index is 1.33. The number of anilines is 1. The van der Waals surface area contributed by atoms with E-state index in [2.05, 4.69) is 15.5 Å². The molecule has 1 N–H and O–H groups in total. The highest BCUT2D eigenvalue weighted by atomic mass is 32.2. The summed E-state index contributed by atoms with van der Waals surface area (Å²) in [4.78, 5) is 12.2. The molecule has 0 spiro atoms. The van der Waals surface area contributed by atoms with Crippen LogP contribution in [0.15, 0.2) is 65.7 Å². The van der Waals surface area contributed by atoms with Gasteiger partial charge in [0.1, 0.15) is 18.2 Å². The number of amides is 1. The maximum absolute atomic E-state index is 12.2. The topological polar surface area (TPSA) is 73.3 Å². The van der Waals surface area contributed by atoms with Gasteiger partial charge in [-0.05, 0) is 24.3 Å². The van der Waals surface area contributed by atoms with Crippen molar-refractivity contribution < 1.29 is 14.3 Å². The molecule has 0 saturated heterocycles. The molecule has 0 bridgehead atoms. The van der Waals surface area contributed by atoms with Gasteiger partial charge in [-0.15, -0.1) is 10.2 Å². The van der Waals surface area contributed by atoms with Crippen molar-refractivity contribution in [2.45, 2.75) is 5.03 Å². The molecule has 27 heavy (non-hydrogen) atoms. The monoisotopic (exact) mass is 379 g/mol. The molecule has 2 heterocycles. The molecule has 0 aliphatic carbocycles. The Morgan fingerprint density at radius 1 is 0.963 bits per heavy atom. The fourth-order valence-corrected chi connectivity index (χ4v) is 3.23. The van der Waals surface area contributed by atoms with Crippen LogP contribution < -0.4 is 14.8 Å². The molecule has 1 aromatic heterocycles. The molecule has 0 radical (unpaired) electrons. The molecule has 0 fully saturated rings. The molecule has 2 aromatic carbocycles. The van der Waals surface area contributed by atoms with Gasteiger partial charge in [-0.25, -0.2) is 0 Å². The highest BCUT2D eigenvalue weighted by molar-refractivity contribution is 7.99. The maximum Gasteiger partial charge on any atom is 0.234 e. The number of carbonyl (C=O) groups is 1. The number of ether oxygens (including phenoxy) is 2. The Bertz CT molecular complexity index is 933. The summed E-state index contributed by atoms with van der Waals surface area (Å²) in [6.07, 6.45) is 0. The fraction of sp³-hybridized carbons (Fsp3) is 0.150. The number of nitrogens with one attached hydrogen (secondary N) is 1. The van der Waals surface area contributed by atoms with Crippen LogP contribution in [-0.2, 0) is 4.79 Å². The first-order chi connectivity index (χ1) is 13.3. The third kappa shape index (κ3) is 4.38. The molecule has 1 aliphatic heterocycles. The van der Waals surface area contributed by atoms with E-state index in [0.717, 1.165) is 11.3 Å². The smallest absolute Gasteiger partial charge is 0.234 e. The summed E-state index contributed by atoms with van der Waals surface area (Å²) < 4.78 is 11.0. The second kappa shape index (κ2) is 8.09. The average molecular weight is 379 g/mol. The summed E-state index contributed by atoms with van der Waals surface area (Å²) in [7, 11) is 0. The first-order valence-electron chi connectivity index (χ1n) is 8.49. The largest absolute Gasteiger partial charge is 0.486 e. The number of rotatable bonds is 5. The van der Waals surface area contributed by atoms with Crippen molar-refractivity contribution >= 4 is 23.4 Å². The maximum atomic E-state index is 12.2. The van der Waals surface area contributed by atoms with Gasteiger partial charge < -0.3 is 14.8 Å². The van der Waals surface area contributed by atoms with Gasteiger partial charge in [0.2, 0.25) is 5.91 Å². The quantitative estimate of drug-likeness (QED) is 0.682. The van der Waals surface area contributed by atoms with Gasteiger partial charge in [-0.1, -0.05) is 42.1 Å². The molecule has 1 aliphatic rings. The molecule has 0 saturated carbocycles. The second-order valence-corrected chi connectivity index (χ2v) is 6.81. The van der Waals surface area contributed by atoms with Crippen LogP contribution in [0.2, 0.25) is 0 Å². The lowest BCUT2D eigenvalue weighted by Gasteiger charge is -2.18. The number of thioether (sulfide) groups is 1.